The van der Waals surface area contributed by atoms with Crippen molar-refractivity contribution >= 4 is 5.97 Å². The second-order valence-electron chi connectivity index (χ2n) is 6.77. The highest BCUT2D eigenvalue weighted by Gasteiger charge is 2.30. The largest absolute Gasteiger partial charge is 0.459 e. The van der Waals surface area contributed by atoms with Gasteiger partial charge in [0.15, 0.2) is 0 Å². The van der Waals surface area contributed by atoms with Crippen molar-refractivity contribution in [2.75, 3.05) is 6.54 Å². The van der Waals surface area contributed by atoms with Crippen molar-refractivity contribution in [1.82, 2.24) is 4.90 Å². The smallest absolute Gasteiger partial charge is 0.323 e. The zero-order valence-electron chi connectivity index (χ0n) is 14.1. The first-order valence-electron chi connectivity index (χ1n) is 7.60. The van der Waals surface area contributed by atoms with Crippen LogP contribution in [0.1, 0.15) is 68.2 Å². The van der Waals surface area contributed by atoms with Gasteiger partial charge in [0.25, 0.3) is 0 Å². The lowest BCUT2D eigenvalue weighted by Crippen LogP contribution is -2.49. The molecule has 0 aromatic heterocycles. The second-order valence-corrected chi connectivity index (χ2v) is 6.77. The number of hydrogen-bond acceptors (Lipinski definition) is 3. The van der Waals surface area contributed by atoms with E-state index in [-0.39, 0.29) is 12.0 Å². The molecular formula is C16H33NO2. The summed E-state index contributed by atoms with van der Waals surface area (Å²) in [5.41, 5.74) is -0.414. The number of carbonyl (C=O) groups is 1. The van der Waals surface area contributed by atoms with E-state index in [1.807, 2.05) is 27.7 Å². The molecule has 1 unspecified atom stereocenters. The molecule has 0 aliphatic heterocycles. The monoisotopic (exact) mass is 271 g/mol. The fourth-order valence-corrected chi connectivity index (χ4v) is 2.33. The minimum absolute atomic E-state index is 0.111. The molecule has 0 heterocycles. The maximum atomic E-state index is 12.3. The Kier molecular flexibility index (Phi) is 7.65. The van der Waals surface area contributed by atoms with E-state index in [1.54, 1.807) is 0 Å². The van der Waals surface area contributed by atoms with Crippen molar-refractivity contribution in [3.8, 4) is 0 Å². The third-order valence-corrected chi connectivity index (χ3v) is 3.23. The molecule has 0 aromatic carbocycles. The van der Waals surface area contributed by atoms with E-state index in [0.717, 1.165) is 19.4 Å². The van der Waals surface area contributed by atoms with E-state index < -0.39 is 5.60 Å². The van der Waals surface area contributed by atoms with Crippen molar-refractivity contribution in [2.45, 2.75) is 85.9 Å². The molecule has 0 aromatic rings. The number of esters is 1. The van der Waals surface area contributed by atoms with E-state index in [0.29, 0.717) is 12.0 Å². The fourth-order valence-electron chi connectivity index (χ4n) is 2.33. The topological polar surface area (TPSA) is 29.5 Å². The van der Waals surface area contributed by atoms with Gasteiger partial charge < -0.3 is 4.74 Å². The molecule has 114 valence electrons. The first-order chi connectivity index (χ1) is 8.62. The quantitative estimate of drug-likeness (QED) is 0.658. The molecule has 3 nitrogen and oxygen atoms in total. The molecule has 0 N–H and O–H groups in total. The summed E-state index contributed by atoms with van der Waals surface area (Å²) in [6, 6.07) is 0.274. The number of ether oxygens (including phenoxy) is 1. The highest BCUT2D eigenvalue weighted by molar-refractivity contribution is 5.75. The Morgan fingerprint density at radius 3 is 1.89 bits per heavy atom. The third kappa shape index (κ3) is 6.95. The van der Waals surface area contributed by atoms with Crippen LogP contribution in [-0.2, 0) is 9.53 Å². The normalized spacial score (nSPS) is 14.3. The van der Waals surface area contributed by atoms with Crippen LogP contribution in [0.5, 0.6) is 0 Å². The zero-order valence-corrected chi connectivity index (χ0v) is 14.1. The molecule has 0 rings (SSSR count). The molecule has 0 spiro atoms. The molecule has 3 heteroatoms. The molecule has 0 saturated carbocycles. The maximum absolute atomic E-state index is 12.3. The summed E-state index contributed by atoms with van der Waals surface area (Å²) in [7, 11) is 0. The van der Waals surface area contributed by atoms with E-state index in [1.165, 1.54) is 0 Å². The SMILES string of the molecule is CCC(CC)N(CC(C)C)C(C)C(=O)OC(C)(C)C. The fraction of sp³-hybridized carbons (Fsp3) is 0.938. The average molecular weight is 271 g/mol. The van der Waals surface area contributed by atoms with Gasteiger partial charge in [0.2, 0.25) is 0 Å². The Bertz CT molecular complexity index is 264. The molecule has 0 amide bonds. The van der Waals surface area contributed by atoms with Crippen molar-refractivity contribution in [1.29, 1.82) is 0 Å². The van der Waals surface area contributed by atoms with E-state index in [4.69, 9.17) is 4.74 Å². The summed E-state index contributed by atoms with van der Waals surface area (Å²) in [4.78, 5) is 14.6. The van der Waals surface area contributed by atoms with Crippen LogP contribution < -0.4 is 0 Å². The summed E-state index contributed by atoms with van der Waals surface area (Å²) in [5.74, 6) is 0.436. The Morgan fingerprint density at radius 1 is 1.11 bits per heavy atom. The van der Waals surface area contributed by atoms with Gasteiger partial charge in [-0.15, -0.1) is 0 Å². The molecule has 19 heavy (non-hydrogen) atoms. The van der Waals surface area contributed by atoms with Gasteiger partial charge in [0.1, 0.15) is 11.6 Å². The molecule has 1 atom stereocenters. The van der Waals surface area contributed by atoms with Crippen LogP contribution in [0.4, 0.5) is 0 Å². The van der Waals surface area contributed by atoms with Crippen LogP contribution in [0.25, 0.3) is 0 Å². The minimum atomic E-state index is -0.414. The van der Waals surface area contributed by atoms with Crippen LogP contribution in [0.3, 0.4) is 0 Å². The highest BCUT2D eigenvalue weighted by Crippen LogP contribution is 2.18. The van der Waals surface area contributed by atoms with Crippen LogP contribution in [0.2, 0.25) is 0 Å². The van der Waals surface area contributed by atoms with Crippen LogP contribution in [-0.4, -0.2) is 35.1 Å². The van der Waals surface area contributed by atoms with Gasteiger partial charge in [-0.1, -0.05) is 27.7 Å². The van der Waals surface area contributed by atoms with Crippen LogP contribution in [0.15, 0.2) is 0 Å². The van der Waals surface area contributed by atoms with Gasteiger partial charge in [-0.3, -0.25) is 9.69 Å². The van der Waals surface area contributed by atoms with Gasteiger partial charge in [0, 0.05) is 12.6 Å². The van der Waals surface area contributed by atoms with Gasteiger partial charge in [-0.25, -0.2) is 0 Å². The van der Waals surface area contributed by atoms with Crippen molar-refractivity contribution < 1.29 is 9.53 Å². The minimum Gasteiger partial charge on any atom is -0.459 e. The predicted molar refractivity (Wildman–Crippen MR) is 81.2 cm³/mol. The number of carbonyl (C=O) groups excluding carboxylic acids is 1. The Hall–Kier alpha value is -0.570. The third-order valence-electron chi connectivity index (χ3n) is 3.23. The first-order valence-corrected chi connectivity index (χ1v) is 7.60. The Morgan fingerprint density at radius 2 is 1.58 bits per heavy atom. The first kappa shape index (κ1) is 18.4. The van der Waals surface area contributed by atoms with Crippen LogP contribution in [0, 0.1) is 5.92 Å². The molecule has 0 aliphatic carbocycles. The Labute approximate surface area is 119 Å². The van der Waals surface area contributed by atoms with Crippen LogP contribution >= 0.6 is 0 Å². The lowest BCUT2D eigenvalue weighted by Gasteiger charge is -2.36. The summed E-state index contributed by atoms with van der Waals surface area (Å²) >= 11 is 0. The van der Waals surface area contributed by atoms with Gasteiger partial charge in [-0.05, 0) is 46.5 Å². The summed E-state index contributed by atoms with van der Waals surface area (Å²) < 4.78 is 5.52. The van der Waals surface area contributed by atoms with Crippen molar-refractivity contribution in [2.24, 2.45) is 5.92 Å². The van der Waals surface area contributed by atoms with E-state index >= 15 is 0 Å². The van der Waals surface area contributed by atoms with Crippen molar-refractivity contribution in [3.05, 3.63) is 0 Å². The molecule has 0 fully saturated rings. The van der Waals surface area contributed by atoms with Gasteiger partial charge in [-0.2, -0.15) is 0 Å². The summed E-state index contributed by atoms with van der Waals surface area (Å²) in [5, 5.41) is 0. The van der Waals surface area contributed by atoms with E-state index in [9.17, 15) is 4.79 Å². The average Bonchev–Trinajstić information content (AvgIpc) is 2.25. The standard InChI is InChI=1S/C16H33NO2/c1-9-14(10-2)17(11-12(3)4)13(5)15(18)19-16(6,7)8/h12-14H,9-11H2,1-8H3. The predicted octanol–water partition coefficient (Wildman–Crippen LogP) is 3.86. The number of rotatable bonds is 7. The Balaban J connectivity index is 4.88. The molecule has 0 saturated heterocycles. The maximum Gasteiger partial charge on any atom is 0.323 e. The molecular weight excluding hydrogens is 238 g/mol. The van der Waals surface area contributed by atoms with E-state index in [2.05, 4.69) is 32.6 Å². The molecule has 0 bridgehead atoms. The van der Waals surface area contributed by atoms with Gasteiger partial charge in [0.05, 0.1) is 0 Å². The highest BCUT2D eigenvalue weighted by atomic mass is 16.6. The van der Waals surface area contributed by atoms with Crippen molar-refractivity contribution in [3.63, 3.8) is 0 Å². The second kappa shape index (κ2) is 7.88. The van der Waals surface area contributed by atoms with Gasteiger partial charge >= 0.3 is 5.97 Å². The lowest BCUT2D eigenvalue weighted by atomic mass is 10.0. The summed E-state index contributed by atoms with van der Waals surface area (Å²) in [6.45, 7) is 17.4. The molecule has 0 aliphatic rings. The number of nitrogens with zero attached hydrogens (tertiary/aromatic N) is 1. The summed E-state index contributed by atoms with van der Waals surface area (Å²) in [6.07, 6.45) is 2.13. The number of hydrogen-bond donors (Lipinski definition) is 0. The lowest BCUT2D eigenvalue weighted by molar-refractivity contribution is -0.162. The zero-order chi connectivity index (χ0) is 15.2. The molecule has 0 radical (unpaired) electrons.